The van der Waals surface area contributed by atoms with Crippen molar-refractivity contribution in [3.05, 3.63) is 53.6 Å². The van der Waals surface area contributed by atoms with E-state index >= 15 is 0 Å². The van der Waals surface area contributed by atoms with E-state index in [1.165, 1.54) is 0 Å². The van der Waals surface area contributed by atoms with Crippen LogP contribution in [0.3, 0.4) is 0 Å². The predicted molar refractivity (Wildman–Crippen MR) is 107 cm³/mol. The molecule has 1 aliphatic heterocycles. The van der Waals surface area contributed by atoms with Crippen LogP contribution < -0.4 is 15.0 Å². The molecule has 0 unspecified atom stereocenters. The Morgan fingerprint density at radius 2 is 1.93 bits per heavy atom. The third-order valence-corrected chi connectivity index (χ3v) is 4.80. The van der Waals surface area contributed by atoms with Gasteiger partial charge in [0.15, 0.2) is 6.10 Å². The number of hydrogen-bond acceptors (Lipinski definition) is 3. The molecule has 5 heteroatoms. The SMILES string of the molecule is CC[C@@H](Oc1cc(C)ccc1C)C(=O)Nc1ccc(N2CCCC2=O)cc1. The molecule has 0 aromatic heterocycles. The highest BCUT2D eigenvalue weighted by molar-refractivity contribution is 5.97. The van der Waals surface area contributed by atoms with Gasteiger partial charge < -0.3 is 15.0 Å². The van der Waals surface area contributed by atoms with Crippen molar-refractivity contribution in [3.63, 3.8) is 0 Å². The number of carbonyl (C=O) groups is 2. The lowest BCUT2D eigenvalue weighted by Crippen LogP contribution is -2.32. The first-order valence-corrected chi connectivity index (χ1v) is 9.43. The second-order valence-corrected chi connectivity index (χ2v) is 6.97. The van der Waals surface area contributed by atoms with E-state index in [9.17, 15) is 9.59 Å². The molecule has 1 aliphatic rings. The van der Waals surface area contributed by atoms with Crippen LogP contribution in [0, 0.1) is 13.8 Å². The van der Waals surface area contributed by atoms with Gasteiger partial charge in [-0.15, -0.1) is 0 Å². The fourth-order valence-electron chi connectivity index (χ4n) is 3.18. The fourth-order valence-corrected chi connectivity index (χ4v) is 3.18. The topological polar surface area (TPSA) is 58.6 Å². The third kappa shape index (κ3) is 4.48. The zero-order valence-corrected chi connectivity index (χ0v) is 16.1. The average molecular weight is 366 g/mol. The van der Waals surface area contributed by atoms with Crippen LogP contribution in [0.15, 0.2) is 42.5 Å². The molecule has 2 aromatic rings. The van der Waals surface area contributed by atoms with E-state index in [1.807, 2.05) is 63.2 Å². The molecule has 3 rings (SSSR count). The molecule has 0 saturated carbocycles. The smallest absolute Gasteiger partial charge is 0.265 e. The van der Waals surface area contributed by atoms with Crippen LogP contribution >= 0.6 is 0 Å². The van der Waals surface area contributed by atoms with Gasteiger partial charge in [-0.1, -0.05) is 19.1 Å². The molecule has 1 heterocycles. The Morgan fingerprint density at radius 1 is 1.19 bits per heavy atom. The Labute approximate surface area is 160 Å². The lowest BCUT2D eigenvalue weighted by molar-refractivity contribution is -0.122. The molecule has 0 radical (unpaired) electrons. The Bertz CT molecular complexity index is 830. The van der Waals surface area contributed by atoms with Crippen molar-refractivity contribution in [2.24, 2.45) is 0 Å². The van der Waals surface area contributed by atoms with E-state index in [2.05, 4.69) is 5.32 Å². The molecule has 1 atom stereocenters. The molecule has 0 aliphatic carbocycles. The van der Waals surface area contributed by atoms with E-state index in [0.717, 1.165) is 35.5 Å². The van der Waals surface area contributed by atoms with Gasteiger partial charge in [-0.05, 0) is 68.1 Å². The second kappa shape index (κ2) is 8.25. The monoisotopic (exact) mass is 366 g/mol. The Kier molecular flexibility index (Phi) is 5.79. The summed E-state index contributed by atoms with van der Waals surface area (Å²) in [5, 5.41) is 2.91. The molecule has 5 nitrogen and oxygen atoms in total. The number of hydrogen-bond donors (Lipinski definition) is 1. The number of benzene rings is 2. The summed E-state index contributed by atoms with van der Waals surface area (Å²) in [4.78, 5) is 26.2. The van der Waals surface area contributed by atoms with Gasteiger partial charge in [-0.2, -0.15) is 0 Å². The van der Waals surface area contributed by atoms with Crippen molar-refractivity contribution < 1.29 is 14.3 Å². The van der Waals surface area contributed by atoms with Gasteiger partial charge in [0.1, 0.15) is 5.75 Å². The highest BCUT2D eigenvalue weighted by atomic mass is 16.5. The quantitative estimate of drug-likeness (QED) is 0.832. The van der Waals surface area contributed by atoms with Crippen molar-refractivity contribution in [3.8, 4) is 5.75 Å². The summed E-state index contributed by atoms with van der Waals surface area (Å²) in [5.74, 6) is 0.711. The van der Waals surface area contributed by atoms with Crippen molar-refractivity contribution in [2.75, 3.05) is 16.8 Å². The van der Waals surface area contributed by atoms with Gasteiger partial charge >= 0.3 is 0 Å². The molecule has 1 fully saturated rings. The standard InChI is InChI=1S/C22H26N2O3/c1-4-19(27-20-14-15(2)7-8-16(20)3)22(26)23-17-9-11-18(12-10-17)24-13-5-6-21(24)25/h7-12,14,19H,4-6,13H2,1-3H3,(H,23,26)/t19-/m1/s1. The van der Waals surface area contributed by atoms with Gasteiger partial charge in [0, 0.05) is 24.3 Å². The van der Waals surface area contributed by atoms with Gasteiger partial charge in [-0.25, -0.2) is 0 Å². The normalized spacial score (nSPS) is 14.9. The summed E-state index contributed by atoms with van der Waals surface area (Å²) in [7, 11) is 0. The van der Waals surface area contributed by atoms with E-state index in [1.54, 1.807) is 4.90 Å². The van der Waals surface area contributed by atoms with Crippen molar-refractivity contribution >= 4 is 23.2 Å². The van der Waals surface area contributed by atoms with Crippen LogP contribution in [-0.4, -0.2) is 24.5 Å². The van der Waals surface area contributed by atoms with Crippen LogP contribution in [0.2, 0.25) is 0 Å². The molecule has 2 aromatic carbocycles. The summed E-state index contributed by atoms with van der Waals surface area (Å²) in [6.07, 6.45) is 1.50. The highest BCUT2D eigenvalue weighted by Crippen LogP contribution is 2.24. The van der Waals surface area contributed by atoms with Crippen LogP contribution in [0.1, 0.15) is 37.3 Å². The largest absolute Gasteiger partial charge is 0.480 e. The van der Waals surface area contributed by atoms with Crippen molar-refractivity contribution in [2.45, 2.75) is 46.1 Å². The van der Waals surface area contributed by atoms with Gasteiger partial charge in [0.2, 0.25) is 5.91 Å². The van der Waals surface area contributed by atoms with E-state index in [0.29, 0.717) is 18.5 Å². The molecule has 0 bridgehead atoms. The first-order chi connectivity index (χ1) is 13.0. The number of anilines is 2. The summed E-state index contributed by atoms with van der Waals surface area (Å²) >= 11 is 0. The minimum Gasteiger partial charge on any atom is -0.480 e. The molecule has 27 heavy (non-hydrogen) atoms. The van der Waals surface area contributed by atoms with Gasteiger partial charge in [0.05, 0.1) is 0 Å². The van der Waals surface area contributed by atoms with E-state index < -0.39 is 6.10 Å². The number of carbonyl (C=O) groups excluding carboxylic acids is 2. The predicted octanol–water partition coefficient (Wildman–Crippen LogP) is 4.23. The highest BCUT2D eigenvalue weighted by Gasteiger charge is 2.22. The maximum absolute atomic E-state index is 12.6. The molecule has 142 valence electrons. The number of nitrogens with zero attached hydrogens (tertiary/aromatic N) is 1. The Balaban J connectivity index is 1.66. The van der Waals surface area contributed by atoms with Crippen LogP contribution in [0.25, 0.3) is 0 Å². The van der Waals surface area contributed by atoms with Crippen LogP contribution in [0.5, 0.6) is 5.75 Å². The molecular formula is C22H26N2O3. The number of ether oxygens (including phenoxy) is 1. The lowest BCUT2D eigenvalue weighted by atomic mass is 10.1. The molecule has 1 saturated heterocycles. The maximum atomic E-state index is 12.6. The zero-order valence-electron chi connectivity index (χ0n) is 16.1. The van der Waals surface area contributed by atoms with Gasteiger partial charge in [-0.3, -0.25) is 9.59 Å². The number of aryl methyl sites for hydroxylation is 2. The summed E-state index contributed by atoms with van der Waals surface area (Å²) in [5.41, 5.74) is 3.66. The zero-order chi connectivity index (χ0) is 19.4. The maximum Gasteiger partial charge on any atom is 0.265 e. The van der Waals surface area contributed by atoms with E-state index in [4.69, 9.17) is 4.74 Å². The van der Waals surface area contributed by atoms with Crippen molar-refractivity contribution in [1.82, 2.24) is 0 Å². The summed E-state index contributed by atoms with van der Waals surface area (Å²) in [6.45, 7) is 6.65. The molecule has 1 N–H and O–H groups in total. The molecule has 2 amide bonds. The lowest BCUT2D eigenvalue weighted by Gasteiger charge is -2.20. The van der Waals surface area contributed by atoms with Gasteiger partial charge in [0.25, 0.3) is 5.91 Å². The first kappa shape index (κ1) is 19.0. The third-order valence-electron chi connectivity index (χ3n) is 4.80. The minimum atomic E-state index is -0.565. The number of nitrogens with one attached hydrogen (secondary N) is 1. The molecule has 0 spiro atoms. The number of rotatable bonds is 6. The first-order valence-electron chi connectivity index (χ1n) is 9.43. The fraction of sp³-hybridized carbons (Fsp3) is 0.364. The second-order valence-electron chi connectivity index (χ2n) is 6.97. The summed E-state index contributed by atoms with van der Waals surface area (Å²) < 4.78 is 5.96. The van der Waals surface area contributed by atoms with E-state index in [-0.39, 0.29) is 11.8 Å². The van der Waals surface area contributed by atoms with Crippen LogP contribution in [0.4, 0.5) is 11.4 Å². The summed E-state index contributed by atoms with van der Waals surface area (Å²) in [6, 6.07) is 13.3. The van der Waals surface area contributed by atoms with Crippen molar-refractivity contribution in [1.29, 1.82) is 0 Å². The number of amides is 2. The van der Waals surface area contributed by atoms with Crippen LogP contribution in [-0.2, 0) is 9.59 Å². The molecular weight excluding hydrogens is 340 g/mol. The Hall–Kier alpha value is -2.82. The minimum absolute atomic E-state index is 0.153. The average Bonchev–Trinajstić information content (AvgIpc) is 3.09. The Morgan fingerprint density at radius 3 is 2.56 bits per heavy atom.